The third kappa shape index (κ3) is 5.81. The molecule has 32 heavy (non-hydrogen) atoms. The third-order valence-electron chi connectivity index (χ3n) is 5.30. The van der Waals surface area contributed by atoms with Crippen LogP contribution in [0.2, 0.25) is 0 Å². The van der Waals surface area contributed by atoms with Crippen LogP contribution in [0.3, 0.4) is 0 Å². The molecule has 168 valence electrons. The van der Waals surface area contributed by atoms with Crippen LogP contribution in [0.1, 0.15) is 36.6 Å². The standard InChI is InChI=1S/C23H28N6O3/c1-15-9-18(11-27-23(15)32-14-17-3-4-17)12-29-13-19-20(28-29)5-6-25-21(19)10-22(31)26-8-7-24-16(2)30/h5-6,9,11,13,17H,3-4,7-8,10,12,14H2,1-2H3,(H,24,30)(H,26,31). The third-order valence-corrected chi connectivity index (χ3v) is 5.30. The molecule has 0 aliphatic heterocycles. The van der Waals surface area contributed by atoms with Gasteiger partial charge in [0.25, 0.3) is 0 Å². The molecule has 0 unspecified atom stereocenters. The topological polar surface area (TPSA) is 111 Å². The van der Waals surface area contributed by atoms with Crippen molar-refractivity contribution in [3.8, 4) is 5.88 Å². The summed E-state index contributed by atoms with van der Waals surface area (Å²) in [6.45, 7) is 5.53. The van der Waals surface area contributed by atoms with Crippen LogP contribution in [0.25, 0.3) is 10.9 Å². The number of aromatic nitrogens is 4. The Kier molecular flexibility index (Phi) is 6.63. The summed E-state index contributed by atoms with van der Waals surface area (Å²) in [5.41, 5.74) is 3.50. The first-order valence-electron chi connectivity index (χ1n) is 10.9. The van der Waals surface area contributed by atoms with Crippen LogP contribution < -0.4 is 15.4 Å². The minimum Gasteiger partial charge on any atom is -0.477 e. The van der Waals surface area contributed by atoms with Crippen LogP contribution in [0.4, 0.5) is 0 Å². The number of ether oxygens (including phenoxy) is 1. The maximum atomic E-state index is 12.3. The van der Waals surface area contributed by atoms with Gasteiger partial charge in [-0.1, -0.05) is 0 Å². The molecular formula is C23H28N6O3. The molecule has 4 rings (SSSR count). The fraction of sp³-hybridized carbons (Fsp3) is 0.435. The quantitative estimate of drug-likeness (QED) is 0.469. The Morgan fingerprint density at radius 3 is 2.78 bits per heavy atom. The number of nitrogens with one attached hydrogen (secondary N) is 2. The summed E-state index contributed by atoms with van der Waals surface area (Å²) in [7, 11) is 0. The lowest BCUT2D eigenvalue weighted by Crippen LogP contribution is -2.34. The first-order chi connectivity index (χ1) is 15.5. The maximum Gasteiger partial charge on any atom is 0.226 e. The largest absolute Gasteiger partial charge is 0.477 e. The monoisotopic (exact) mass is 436 g/mol. The number of rotatable bonds is 10. The molecule has 0 atom stereocenters. The number of nitrogens with zero attached hydrogens (tertiary/aromatic N) is 4. The first-order valence-corrected chi connectivity index (χ1v) is 10.9. The Morgan fingerprint density at radius 2 is 2.03 bits per heavy atom. The second kappa shape index (κ2) is 9.76. The number of pyridine rings is 2. The summed E-state index contributed by atoms with van der Waals surface area (Å²) in [6.07, 6.45) is 8.05. The number of amides is 2. The summed E-state index contributed by atoms with van der Waals surface area (Å²) >= 11 is 0. The van der Waals surface area contributed by atoms with E-state index in [1.54, 1.807) is 6.20 Å². The summed E-state index contributed by atoms with van der Waals surface area (Å²) in [5, 5.41) is 10.9. The van der Waals surface area contributed by atoms with Crippen LogP contribution in [0.5, 0.6) is 5.88 Å². The van der Waals surface area contributed by atoms with E-state index >= 15 is 0 Å². The average Bonchev–Trinajstić information content (AvgIpc) is 3.48. The van der Waals surface area contributed by atoms with Gasteiger partial charge in [-0.3, -0.25) is 19.3 Å². The summed E-state index contributed by atoms with van der Waals surface area (Å²) in [5.74, 6) is 1.12. The van der Waals surface area contributed by atoms with E-state index in [0.717, 1.165) is 28.6 Å². The fourth-order valence-electron chi connectivity index (χ4n) is 3.45. The number of hydrogen-bond acceptors (Lipinski definition) is 6. The zero-order chi connectivity index (χ0) is 22.5. The number of carbonyl (C=O) groups is 2. The zero-order valence-corrected chi connectivity index (χ0v) is 18.4. The minimum absolute atomic E-state index is 0.121. The lowest BCUT2D eigenvalue weighted by atomic mass is 10.2. The molecule has 1 saturated carbocycles. The van der Waals surface area contributed by atoms with Gasteiger partial charge in [-0.05, 0) is 43.4 Å². The van der Waals surface area contributed by atoms with Crippen LogP contribution in [0, 0.1) is 12.8 Å². The molecule has 0 aromatic carbocycles. The summed E-state index contributed by atoms with van der Waals surface area (Å²) in [4.78, 5) is 32.0. The Hall–Kier alpha value is -3.49. The molecule has 0 spiro atoms. The molecule has 0 saturated heterocycles. The van der Waals surface area contributed by atoms with Crippen molar-refractivity contribution in [2.45, 2.75) is 39.7 Å². The normalized spacial score (nSPS) is 13.2. The van der Waals surface area contributed by atoms with E-state index in [0.29, 0.717) is 37.1 Å². The molecule has 2 amide bonds. The van der Waals surface area contributed by atoms with Gasteiger partial charge >= 0.3 is 0 Å². The molecule has 3 aromatic heterocycles. The van der Waals surface area contributed by atoms with Crippen molar-refractivity contribution in [2.24, 2.45) is 5.92 Å². The number of hydrogen-bond donors (Lipinski definition) is 2. The van der Waals surface area contributed by atoms with E-state index in [1.165, 1.54) is 19.8 Å². The molecule has 1 aliphatic carbocycles. The van der Waals surface area contributed by atoms with Gasteiger partial charge in [0.2, 0.25) is 17.7 Å². The molecule has 0 bridgehead atoms. The highest BCUT2D eigenvalue weighted by atomic mass is 16.5. The molecule has 3 aromatic rings. The van der Waals surface area contributed by atoms with E-state index in [2.05, 4.69) is 31.8 Å². The van der Waals surface area contributed by atoms with Crippen molar-refractivity contribution >= 4 is 22.7 Å². The molecule has 2 N–H and O–H groups in total. The summed E-state index contributed by atoms with van der Waals surface area (Å²) < 4.78 is 7.65. The van der Waals surface area contributed by atoms with Gasteiger partial charge in [0.1, 0.15) is 0 Å². The highest BCUT2D eigenvalue weighted by Crippen LogP contribution is 2.29. The summed E-state index contributed by atoms with van der Waals surface area (Å²) in [6, 6.07) is 3.91. The van der Waals surface area contributed by atoms with Crippen LogP contribution in [-0.4, -0.2) is 51.3 Å². The molecule has 0 radical (unpaired) electrons. The fourth-order valence-corrected chi connectivity index (χ4v) is 3.45. The second-order valence-electron chi connectivity index (χ2n) is 8.25. The SMILES string of the molecule is CC(=O)NCCNC(=O)Cc1nccc2nn(Cc3cnc(OCC4CC4)c(C)c3)cc12. The van der Waals surface area contributed by atoms with E-state index in [9.17, 15) is 9.59 Å². The molecular weight excluding hydrogens is 408 g/mol. The number of aryl methyl sites for hydroxylation is 1. The smallest absolute Gasteiger partial charge is 0.226 e. The molecule has 1 fully saturated rings. The maximum absolute atomic E-state index is 12.3. The Labute approximate surface area is 186 Å². The predicted octanol–water partition coefficient (Wildman–Crippen LogP) is 1.77. The number of fused-ring (bicyclic) bond motifs is 1. The first kappa shape index (κ1) is 21.7. The van der Waals surface area contributed by atoms with Crippen molar-refractivity contribution in [2.75, 3.05) is 19.7 Å². The molecule has 9 heteroatoms. The van der Waals surface area contributed by atoms with Crippen molar-refractivity contribution in [1.29, 1.82) is 0 Å². The van der Waals surface area contributed by atoms with Crippen molar-refractivity contribution in [3.05, 3.63) is 47.5 Å². The highest BCUT2D eigenvalue weighted by molar-refractivity contribution is 5.86. The van der Waals surface area contributed by atoms with E-state index in [-0.39, 0.29) is 18.2 Å². The Balaban J connectivity index is 1.39. The predicted molar refractivity (Wildman–Crippen MR) is 119 cm³/mol. The van der Waals surface area contributed by atoms with E-state index < -0.39 is 0 Å². The van der Waals surface area contributed by atoms with Gasteiger partial charge in [-0.15, -0.1) is 0 Å². The Morgan fingerprint density at radius 1 is 1.22 bits per heavy atom. The lowest BCUT2D eigenvalue weighted by Gasteiger charge is -2.09. The minimum atomic E-state index is -0.148. The van der Waals surface area contributed by atoms with E-state index in [4.69, 9.17) is 4.74 Å². The van der Waals surface area contributed by atoms with Crippen LogP contribution in [-0.2, 0) is 22.6 Å². The molecule has 3 heterocycles. The second-order valence-corrected chi connectivity index (χ2v) is 8.25. The van der Waals surface area contributed by atoms with Gasteiger partial charge in [-0.2, -0.15) is 5.10 Å². The van der Waals surface area contributed by atoms with Gasteiger partial charge in [-0.25, -0.2) is 4.98 Å². The molecule has 9 nitrogen and oxygen atoms in total. The number of carbonyl (C=O) groups excluding carboxylic acids is 2. The highest BCUT2D eigenvalue weighted by Gasteiger charge is 2.22. The van der Waals surface area contributed by atoms with Crippen LogP contribution in [0.15, 0.2) is 30.7 Å². The van der Waals surface area contributed by atoms with E-state index in [1.807, 2.05) is 30.1 Å². The zero-order valence-electron chi connectivity index (χ0n) is 18.4. The van der Waals surface area contributed by atoms with Gasteiger partial charge in [0.15, 0.2) is 0 Å². The van der Waals surface area contributed by atoms with Crippen LogP contribution >= 0.6 is 0 Å². The van der Waals surface area contributed by atoms with Crippen molar-refractivity contribution in [1.82, 2.24) is 30.4 Å². The van der Waals surface area contributed by atoms with Gasteiger partial charge < -0.3 is 15.4 Å². The van der Waals surface area contributed by atoms with Crippen molar-refractivity contribution < 1.29 is 14.3 Å². The Bertz CT molecular complexity index is 1120. The molecule has 1 aliphatic rings. The van der Waals surface area contributed by atoms with Gasteiger partial charge in [0, 0.05) is 49.6 Å². The van der Waals surface area contributed by atoms with Gasteiger partial charge in [0.05, 0.1) is 30.8 Å². The van der Waals surface area contributed by atoms with Crippen molar-refractivity contribution in [3.63, 3.8) is 0 Å². The average molecular weight is 437 g/mol. The lowest BCUT2D eigenvalue weighted by molar-refractivity contribution is -0.121.